The molecular formula is C15H20N2OS. The van der Waals surface area contributed by atoms with Crippen molar-refractivity contribution in [3.05, 3.63) is 34.9 Å². The standard InChI is InChI=1S/C15H20N2OS/c1-12-11-14(7-6-13(12)5-3-8-16)15(18)17-9-4-10-19-2/h6-7,11H,4,8-10,16H2,1-2H3,(H,17,18). The molecule has 0 aliphatic carbocycles. The van der Waals surface area contributed by atoms with Crippen LogP contribution < -0.4 is 11.1 Å². The first-order chi connectivity index (χ1) is 9.19. The Morgan fingerprint density at radius 2 is 2.26 bits per heavy atom. The zero-order chi connectivity index (χ0) is 14.1. The molecule has 0 aliphatic rings. The number of thioether (sulfide) groups is 1. The maximum Gasteiger partial charge on any atom is 0.251 e. The largest absolute Gasteiger partial charge is 0.352 e. The summed E-state index contributed by atoms with van der Waals surface area (Å²) in [7, 11) is 0. The van der Waals surface area contributed by atoms with Crippen molar-refractivity contribution in [1.29, 1.82) is 0 Å². The highest BCUT2D eigenvalue weighted by Gasteiger charge is 2.06. The summed E-state index contributed by atoms with van der Waals surface area (Å²) in [5, 5.41) is 2.92. The molecule has 4 heteroatoms. The number of benzene rings is 1. The van der Waals surface area contributed by atoms with E-state index in [0.717, 1.165) is 23.3 Å². The van der Waals surface area contributed by atoms with E-state index in [1.165, 1.54) is 0 Å². The van der Waals surface area contributed by atoms with Gasteiger partial charge in [-0.2, -0.15) is 11.8 Å². The molecule has 0 spiro atoms. The number of rotatable bonds is 5. The van der Waals surface area contributed by atoms with Crippen molar-refractivity contribution < 1.29 is 4.79 Å². The normalized spacial score (nSPS) is 9.63. The Morgan fingerprint density at radius 3 is 2.89 bits per heavy atom. The van der Waals surface area contributed by atoms with E-state index in [4.69, 9.17) is 5.73 Å². The summed E-state index contributed by atoms with van der Waals surface area (Å²) in [6, 6.07) is 5.54. The fourth-order valence-electron chi connectivity index (χ4n) is 1.61. The summed E-state index contributed by atoms with van der Waals surface area (Å²) in [6.45, 7) is 3.01. The molecule has 1 aromatic rings. The highest BCUT2D eigenvalue weighted by atomic mass is 32.2. The molecule has 0 saturated carbocycles. The van der Waals surface area contributed by atoms with Gasteiger partial charge < -0.3 is 11.1 Å². The molecule has 0 aliphatic heterocycles. The Morgan fingerprint density at radius 1 is 1.47 bits per heavy atom. The molecule has 0 saturated heterocycles. The van der Waals surface area contributed by atoms with Crippen LogP contribution in [-0.2, 0) is 0 Å². The quantitative estimate of drug-likeness (QED) is 0.637. The first-order valence-electron chi connectivity index (χ1n) is 6.25. The van der Waals surface area contributed by atoms with Crippen molar-refractivity contribution >= 4 is 17.7 Å². The van der Waals surface area contributed by atoms with Gasteiger partial charge in [-0.05, 0) is 49.1 Å². The van der Waals surface area contributed by atoms with Crippen LogP contribution in [0.25, 0.3) is 0 Å². The summed E-state index contributed by atoms with van der Waals surface area (Å²) in [6.07, 6.45) is 3.05. The lowest BCUT2D eigenvalue weighted by atomic mass is 10.0. The predicted octanol–water partition coefficient (Wildman–Crippen LogP) is 1.79. The second-order valence-electron chi connectivity index (χ2n) is 4.14. The molecule has 102 valence electrons. The van der Waals surface area contributed by atoms with Crippen LogP contribution in [0, 0.1) is 18.8 Å². The number of hydrogen-bond donors (Lipinski definition) is 2. The van der Waals surface area contributed by atoms with E-state index in [-0.39, 0.29) is 5.91 Å². The third kappa shape index (κ3) is 5.37. The highest BCUT2D eigenvalue weighted by Crippen LogP contribution is 2.10. The van der Waals surface area contributed by atoms with Crippen LogP contribution in [0.2, 0.25) is 0 Å². The summed E-state index contributed by atoms with van der Waals surface area (Å²) >= 11 is 1.78. The fraction of sp³-hybridized carbons (Fsp3) is 0.400. The summed E-state index contributed by atoms with van der Waals surface area (Å²) in [5.41, 5.74) is 7.94. The Kier molecular flexibility index (Phi) is 7.09. The summed E-state index contributed by atoms with van der Waals surface area (Å²) in [5.74, 6) is 6.84. The molecule has 1 aromatic carbocycles. The van der Waals surface area contributed by atoms with Crippen molar-refractivity contribution in [1.82, 2.24) is 5.32 Å². The molecule has 3 nitrogen and oxygen atoms in total. The van der Waals surface area contributed by atoms with Crippen molar-refractivity contribution in [2.45, 2.75) is 13.3 Å². The minimum atomic E-state index is -0.0254. The van der Waals surface area contributed by atoms with Crippen LogP contribution in [0.4, 0.5) is 0 Å². The van der Waals surface area contributed by atoms with Crippen molar-refractivity contribution in [3.8, 4) is 11.8 Å². The van der Waals surface area contributed by atoms with Crippen LogP contribution in [0.1, 0.15) is 27.9 Å². The van der Waals surface area contributed by atoms with Gasteiger partial charge in [-0.25, -0.2) is 0 Å². The maximum atomic E-state index is 11.9. The topological polar surface area (TPSA) is 55.1 Å². The average molecular weight is 276 g/mol. The number of hydrogen-bond acceptors (Lipinski definition) is 3. The molecule has 0 bridgehead atoms. The van der Waals surface area contributed by atoms with Gasteiger partial charge in [0, 0.05) is 17.7 Å². The number of nitrogens with two attached hydrogens (primary N) is 1. The molecule has 0 unspecified atom stereocenters. The number of carbonyl (C=O) groups excluding carboxylic acids is 1. The van der Waals surface area contributed by atoms with Gasteiger partial charge in [-0.15, -0.1) is 0 Å². The molecule has 1 amide bonds. The van der Waals surface area contributed by atoms with Gasteiger partial charge in [0.1, 0.15) is 0 Å². The number of amides is 1. The maximum absolute atomic E-state index is 11.9. The van der Waals surface area contributed by atoms with Crippen molar-refractivity contribution in [2.24, 2.45) is 5.73 Å². The molecule has 0 heterocycles. The van der Waals surface area contributed by atoms with Crippen molar-refractivity contribution in [3.63, 3.8) is 0 Å². The van der Waals surface area contributed by atoms with Crippen LogP contribution in [-0.4, -0.2) is 31.0 Å². The van der Waals surface area contributed by atoms with Gasteiger partial charge in [-0.3, -0.25) is 4.79 Å². The lowest BCUT2D eigenvalue weighted by Gasteiger charge is -2.06. The number of nitrogens with one attached hydrogen (secondary N) is 1. The monoisotopic (exact) mass is 276 g/mol. The molecule has 19 heavy (non-hydrogen) atoms. The lowest BCUT2D eigenvalue weighted by Crippen LogP contribution is -2.24. The third-order valence-corrected chi connectivity index (χ3v) is 3.32. The zero-order valence-corrected chi connectivity index (χ0v) is 12.3. The van der Waals surface area contributed by atoms with Crippen LogP contribution >= 0.6 is 11.8 Å². The first-order valence-corrected chi connectivity index (χ1v) is 7.65. The molecule has 0 fully saturated rings. The van der Waals surface area contributed by atoms with E-state index in [0.29, 0.717) is 18.7 Å². The van der Waals surface area contributed by atoms with E-state index in [1.807, 2.05) is 19.1 Å². The smallest absolute Gasteiger partial charge is 0.251 e. The zero-order valence-electron chi connectivity index (χ0n) is 11.5. The number of aryl methyl sites for hydroxylation is 1. The van der Waals surface area contributed by atoms with E-state index >= 15 is 0 Å². The molecular weight excluding hydrogens is 256 g/mol. The SMILES string of the molecule is CSCCCNC(=O)c1ccc(C#CCN)c(C)c1. The third-order valence-electron chi connectivity index (χ3n) is 2.62. The molecule has 1 rings (SSSR count). The second kappa shape index (κ2) is 8.63. The lowest BCUT2D eigenvalue weighted by molar-refractivity contribution is 0.0953. The first kappa shape index (κ1) is 15.6. The minimum Gasteiger partial charge on any atom is -0.352 e. The average Bonchev–Trinajstić information content (AvgIpc) is 2.42. The predicted molar refractivity (Wildman–Crippen MR) is 82.4 cm³/mol. The van der Waals surface area contributed by atoms with Gasteiger partial charge in [0.05, 0.1) is 6.54 Å². The Hall–Kier alpha value is -1.44. The van der Waals surface area contributed by atoms with E-state index in [9.17, 15) is 4.79 Å². The molecule has 0 aromatic heterocycles. The van der Waals surface area contributed by atoms with Crippen LogP contribution in [0.15, 0.2) is 18.2 Å². The minimum absolute atomic E-state index is 0.0254. The van der Waals surface area contributed by atoms with Gasteiger partial charge in [0.25, 0.3) is 5.91 Å². The Bertz CT molecular complexity index is 489. The summed E-state index contributed by atoms with van der Waals surface area (Å²) < 4.78 is 0. The Labute approximate surface area is 119 Å². The van der Waals surface area contributed by atoms with Gasteiger partial charge >= 0.3 is 0 Å². The van der Waals surface area contributed by atoms with E-state index < -0.39 is 0 Å². The van der Waals surface area contributed by atoms with Gasteiger partial charge in [0.15, 0.2) is 0 Å². The van der Waals surface area contributed by atoms with Gasteiger partial charge in [0.2, 0.25) is 0 Å². The Balaban J connectivity index is 2.64. The fourth-order valence-corrected chi connectivity index (χ4v) is 2.04. The second-order valence-corrected chi connectivity index (χ2v) is 5.12. The number of carbonyl (C=O) groups is 1. The molecule has 0 atom stereocenters. The van der Waals surface area contributed by atoms with E-state index in [2.05, 4.69) is 23.4 Å². The van der Waals surface area contributed by atoms with Crippen molar-refractivity contribution in [2.75, 3.05) is 25.1 Å². The molecule has 3 N–H and O–H groups in total. The van der Waals surface area contributed by atoms with E-state index in [1.54, 1.807) is 17.8 Å². The van der Waals surface area contributed by atoms with Crippen LogP contribution in [0.5, 0.6) is 0 Å². The van der Waals surface area contributed by atoms with Gasteiger partial charge in [-0.1, -0.05) is 11.8 Å². The molecule has 0 radical (unpaired) electrons. The highest BCUT2D eigenvalue weighted by molar-refractivity contribution is 7.98. The van der Waals surface area contributed by atoms with Crippen LogP contribution in [0.3, 0.4) is 0 Å². The summed E-state index contributed by atoms with van der Waals surface area (Å²) in [4.78, 5) is 11.9.